The molecular weight excluding hydrogens is 396 g/mol. The van der Waals surface area contributed by atoms with Gasteiger partial charge in [-0.05, 0) is 54.8 Å². The van der Waals surface area contributed by atoms with Gasteiger partial charge in [0.15, 0.2) is 0 Å². The van der Waals surface area contributed by atoms with Gasteiger partial charge in [-0.15, -0.1) is 0 Å². The molecule has 0 bridgehead atoms. The van der Waals surface area contributed by atoms with Crippen LogP contribution < -0.4 is 4.72 Å². The Labute approximate surface area is 178 Å². The Kier molecular flexibility index (Phi) is 7.03. The minimum Gasteiger partial charge on any atom is -0.339 e. The van der Waals surface area contributed by atoms with Crippen LogP contribution in [0.15, 0.2) is 83.8 Å². The summed E-state index contributed by atoms with van der Waals surface area (Å²) in [6.07, 6.45) is 0. The highest BCUT2D eigenvalue weighted by Crippen LogP contribution is 2.21. The van der Waals surface area contributed by atoms with Gasteiger partial charge < -0.3 is 4.90 Å². The van der Waals surface area contributed by atoms with Gasteiger partial charge in [-0.1, -0.05) is 54.6 Å². The lowest BCUT2D eigenvalue weighted by atomic mass is 10.1. The second-order valence-corrected chi connectivity index (χ2v) is 8.66. The van der Waals surface area contributed by atoms with Crippen molar-refractivity contribution < 1.29 is 13.2 Å². The van der Waals surface area contributed by atoms with Crippen molar-refractivity contribution in [3.8, 4) is 11.1 Å². The standard InChI is InChI=1S/C24H26N2O3S/c1-3-26(4-2)24(27)22-12-8-9-19(17-22)18-25-30(28,29)23-15-13-21(14-16-23)20-10-6-5-7-11-20/h5-17,25H,3-4,18H2,1-2H3. The van der Waals surface area contributed by atoms with Crippen LogP contribution in [0.25, 0.3) is 11.1 Å². The molecule has 0 saturated heterocycles. The fourth-order valence-corrected chi connectivity index (χ4v) is 4.24. The first-order valence-electron chi connectivity index (χ1n) is 9.98. The van der Waals surface area contributed by atoms with Crippen LogP contribution in [0.2, 0.25) is 0 Å². The van der Waals surface area contributed by atoms with Gasteiger partial charge in [0.05, 0.1) is 4.90 Å². The highest BCUT2D eigenvalue weighted by atomic mass is 32.2. The third-order valence-electron chi connectivity index (χ3n) is 4.96. The van der Waals surface area contributed by atoms with E-state index in [2.05, 4.69) is 4.72 Å². The van der Waals surface area contributed by atoms with Gasteiger partial charge >= 0.3 is 0 Å². The summed E-state index contributed by atoms with van der Waals surface area (Å²) in [5.41, 5.74) is 3.28. The number of hydrogen-bond donors (Lipinski definition) is 1. The minimum atomic E-state index is -3.66. The van der Waals surface area contributed by atoms with E-state index in [0.29, 0.717) is 18.7 Å². The van der Waals surface area contributed by atoms with Crippen LogP contribution in [-0.4, -0.2) is 32.3 Å². The Morgan fingerprint density at radius 3 is 2.10 bits per heavy atom. The smallest absolute Gasteiger partial charge is 0.253 e. The molecule has 0 aromatic heterocycles. The maximum Gasteiger partial charge on any atom is 0.253 e. The predicted octanol–water partition coefficient (Wildman–Crippen LogP) is 4.31. The molecule has 0 unspecified atom stereocenters. The van der Waals surface area contributed by atoms with E-state index in [9.17, 15) is 13.2 Å². The molecule has 0 fully saturated rings. The lowest BCUT2D eigenvalue weighted by molar-refractivity contribution is 0.0773. The molecule has 1 amide bonds. The number of rotatable bonds is 8. The van der Waals surface area contributed by atoms with Gasteiger partial charge in [0.2, 0.25) is 10.0 Å². The van der Waals surface area contributed by atoms with Crippen molar-refractivity contribution in [1.29, 1.82) is 0 Å². The second-order valence-electron chi connectivity index (χ2n) is 6.89. The summed E-state index contributed by atoms with van der Waals surface area (Å²) in [7, 11) is -3.66. The van der Waals surface area contributed by atoms with E-state index in [4.69, 9.17) is 0 Å². The molecule has 0 aliphatic heterocycles. The molecule has 6 heteroatoms. The van der Waals surface area contributed by atoms with E-state index in [1.807, 2.05) is 44.2 Å². The summed E-state index contributed by atoms with van der Waals surface area (Å²) in [6, 6.07) is 23.7. The molecule has 3 rings (SSSR count). The predicted molar refractivity (Wildman–Crippen MR) is 120 cm³/mol. The maximum absolute atomic E-state index is 12.7. The van der Waals surface area contributed by atoms with Crippen LogP contribution >= 0.6 is 0 Å². The van der Waals surface area contributed by atoms with Crippen LogP contribution in [0.4, 0.5) is 0 Å². The first kappa shape index (κ1) is 21.7. The second kappa shape index (κ2) is 9.69. The van der Waals surface area contributed by atoms with E-state index in [0.717, 1.165) is 16.7 Å². The van der Waals surface area contributed by atoms with Crippen LogP contribution in [-0.2, 0) is 16.6 Å². The molecular formula is C24H26N2O3S. The summed E-state index contributed by atoms with van der Waals surface area (Å²) in [5.74, 6) is -0.0544. The fourth-order valence-electron chi connectivity index (χ4n) is 3.23. The summed E-state index contributed by atoms with van der Waals surface area (Å²) in [5, 5.41) is 0. The quantitative estimate of drug-likeness (QED) is 0.588. The van der Waals surface area contributed by atoms with E-state index >= 15 is 0 Å². The van der Waals surface area contributed by atoms with Crippen molar-refractivity contribution in [3.05, 3.63) is 90.0 Å². The molecule has 0 aliphatic rings. The number of hydrogen-bond acceptors (Lipinski definition) is 3. The molecule has 0 heterocycles. The number of nitrogens with one attached hydrogen (secondary N) is 1. The number of carbonyl (C=O) groups excluding carboxylic acids is 1. The van der Waals surface area contributed by atoms with Gasteiger partial charge in [0.25, 0.3) is 5.91 Å². The number of benzene rings is 3. The van der Waals surface area contributed by atoms with Crippen LogP contribution in [0.1, 0.15) is 29.8 Å². The highest BCUT2D eigenvalue weighted by molar-refractivity contribution is 7.89. The SMILES string of the molecule is CCN(CC)C(=O)c1cccc(CNS(=O)(=O)c2ccc(-c3ccccc3)cc2)c1. The van der Waals surface area contributed by atoms with E-state index < -0.39 is 10.0 Å². The summed E-state index contributed by atoms with van der Waals surface area (Å²) in [4.78, 5) is 14.5. The molecule has 0 saturated carbocycles. The van der Waals surface area contributed by atoms with Gasteiger partial charge in [-0.2, -0.15) is 0 Å². The van der Waals surface area contributed by atoms with Gasteiger partial charge in [-0.3, -0.25) is 4.79 Å². The molecule has 0 radical (unpaired) electrons. The molecule has 3 aromatic rings. The van der Waals surface area contributed by atoms with E-state index in [1.54, 1.807) is 53.4 Å². The first-order chi connectivity index (χ1) is 14.4. The largest absolute Gasteiger partial charge is 0.339 e. The van der Waals surface area contributed by atoms with Crippen molar-refractivity contribution in [2.45, 2.75) is 25.3 Å². The molecule has 30 heavy (non-hydrogen) atoms. The molecule has 0 spiro atoms. The lowest BCUT2D eigenvalue weighted by Crippen LogP contribution is -2.30. The zero-order valence-corrected chi connectivity index (χ0v) is 18.0. The molecule has 0 atom stereocenters. The Bertz CT molecular complexity index is 1090. The number of sulfonamides is 1. The number of amides is 1. The van der Waals surface area contributed by atoms with Crippen molar-refractivity contribution >= 4 is 15.9 Å². The summed E-state index contributed by atoms with van der Waals surface area (Å²) >= 11 is 0. The normalized spacial score (nSPS) is 11.3. The van der Waals surface area contributed by atoms with Crippen molar-refractivity contribution in [2.75, 3.05) is 13.1 Å². The Morgan fingerprint density at radius 1 is 0.833 bits per heavy atom. The number of nitrogens with zero attached hydrogens (tertiary/aromatic N) is 1. The zero-order chi connectivity index (χ0) is 21.6. The van der Waals surface area contributed by atoms with E-state index in [-0.39, 0.29) is 17.3 Å². The molecule has 0 aliphatic carbocycles. The average molecular weight is 423 g/mol. The fraction of sp³-hybridized carbons (Fsp3) is 0.208. The van der Waals surface area contributed by atoms with Crippen LogP contribution in [0, 0.1) is 0 Å². The minimum absolute atomic E-state index is 0.0544. The van der Waals surface area contributed by atoms with Crippen molar-refractivity contribution in [3.63, 3.8) is 0 Å². The monoisotopic (exact) mass is 422 g/mol. The van der Waals surface area contributed by atoms with Crippen LogP contribution in [0.3, 0.4) is 0 Å². The molecule has 156 valence electrons. The maximum atomic E-state index is 12.7. The highest BCUT2D eigenvalue weighted by Gasteiger charge is 2.16. The third kappa shape index (κ3) is 5.14. The zero-order valence-electron chi connectivity index (χ0n) is 17.2. The Hall–Kier alpha value is -2.96. The van der Waals surface area contributed by atoms with Gasteiger partial charge in [0.1, 0.15) is 0 Å². The summed E-state index contributed by atoms with van der Waals surface area (Å²) < 4.78 is 28.0. The molecule has 1 N–H and O–H groups in total. The molecule has 5 nitrogen and oxygen atoms in total. The van der Waals surface area contributed by atoms with Crippen LogP contribution in [0.5, 0.6) is 0 Å². The van der Waals surface area contributed by atoms with Gasteiger partial charge in [-0.25, -0.2) is 13.1 Å². The Balaban J connectivity index is 1.71. The summed E-state index contributed by atoms with van der Waals surface area (Å²) in [6.45, 7) is 5.24. The van der Waals surface area contributed by atoms with Gasteiger partial charge in [0, 0.05) is 25.2 Å². The Morgan fingerprint density at radius 2 is 1.47 bits per heavy atom. The lowest BCUT2D eigenvalue weighted by Gasteiger charge is -2.19. The van der Waals surface area contributed by atoms with E-state index in [1.165, 1.54) is 0 Å². The average Bonchev–Trinajstić information content (AvgIpc) is 2.79. The topological polar surface area (TPSA) is 66.5 Å². The molecule has 3 aromatic carbocycles. The van der Waals surface area contributed by atoms with Crippen molar-refractivity contribution in [1.82, 2.24) is 9.62 Å². The first-order valence-corrected chi connectivity index (χ1v) is 11.5. The third-order valence-corrected chi connectivity index (χ3v) is 6.38. The van der Waals surface area contributed by atoms with Crippen molar-refractivity contribution in [2.24, 2.45) is 0 Å². The number of carbonyl (C=O) groups is 1.